The van der Waals surface area contributed by atoms with Gasteiger partial charge in [-0.2, -0.15) is 0 Å². The van der Waals surface area contributed by atoms with Crippen molar-refractivity contribution in [3.8, 4) is 0 Å². The Labute approximate surface area is 149 Å². The van der Waals surface area contributed by atoms with Crippen LogP contribution in [0.2, 0.25) is 0 Å². The molecule has 0 amide bonds. The van der Waals surface area contributed by atoms with Crippen molar-refractivity contribution < 1.29 is 27.9 Å². The van der Waals surface area contributed by atoms with Crippen LogP contribution < -0.4 is 0 Å². The summed E-state index contributed by atoms with van der Waals surface area (Å²) in [4.78, 5) is 22.7. The molecule has 8 heteroatoms. The molecule has 0 aromatic rings. The molecular weight excluding hydrogens is 352 g/mol. The van der Waals surface area contributed by atoms with Gasteiger partial charge in [-0.3, -0.25) is 18.0 Å². The number of carboxylic acid groups (broad SMARTS) is 1. The van der Waals surface area contributed by atoms with Gasteiger partial charge in [-0.05, 0) is 40.0 Å². The van der Waals surface area contributed by atoms with Gasteiger partial charge in [0.05, 0.1) is 17.9 Å². The van der Waals surface area contributed by atoms with E-state index in [0.717, 1.165) is 0 Å². The Hall–Kier alpha value is -0.760. The van der Waals surface area contributed by atoms with Gasteiger partial charge in [-0.15, -0.1) is 0 Å². The van der Waals surface area contributed by atoms with Gasteiger partial charge >= 0.3 is 11.9 Å². The highest BCUT2D eigenvalue weighted by Crippen LogP contribution is 2.27. The number of carbonyl (C=O) groups excluding carboxylic acids is 1. The zero-order valence-corrected chi connectivity index (χ0v) is 17.1. The Morgan fingerprint density at radius 3 is 2.00 bits per heavy atom. The Kier molecular flexibility index (Phi) is 9.35. The van der Waals surface area contributed by atoms with E-state index >= 15 is 0 Å². The van der Waals surface area contributed by atoms with Gasteiger partial charge in [0.25, 0.3) is 0 Å². The molecule has 24 heavy (non-hydrogen) atoms. The summed E-state index contributed by atoms with van der Waals surface area (Å²) in [6.45, 7) is 8.48. The van der Waals surface area contributed by atoms with Crippen molar-refractivity contribution in [1.29, 1.82) is 0 Å². The highest BCUT2D eigenvalue weighted by Gasteiger charge is 2.34. The number of hydrogen-bond acceptors (Lipinski definition) is 5. The third kappa shape index (κ3) is 7.42. The predicted molar refractivity (Wildman–Crippen MR) is 96.7 cm³/mol. The molecule has 0 aliphatic carbocycles. The fourth-order valence-corrected chi connectivity index (χ4v) is 5.39. The van der Waals surface area contributed by atoms with Gasteiger partial charge < -0.3 is 9.84 Å². The lowest BCUT2D eigenvalue weighted by molar-refractivity contribution is -0.151. The molecular formula is C16H30O6S2. The molecule has 0 rings (SSSR count). The first kappa shape index (κ1) is 23.2. The molecule has 0 fully saturated rings. The summed E-state index contributed by atoms with van der Waals surface area (Å²) in [7, 11) is -1.06. The zero-order chi connectivity index (χ0) is 19.1. The first-order valence-corrected chi connectivity index (χ1v) is 10.8. The molecule has 0 bridgehead atoms. The zero-order valence-electron chi connectivity index (χ0n) is 15.4. The Morgan fingerprint density at radius 1 is 1.04 bits per heavy atom. The summed E-state index contributed by atoms with van der Waals surface area (Å²) in [5.74, 6) is -0.342. The van der Waals surface area contributed by atoms with Crippen molar-refractivity contribution in [2.75, 3.05) is 30.1 Å². The summed E-state index contributed by atoms with van der Waals surface area (Å²) >= 11 is 0. The number of methoxy groups -OCH3 is 1. The van der Waals surface area contributed by atoms with Crippen LogP contribution in [0.5, 0.6) is 0 Å². The first-order chi connectivity index (χ1) is 10.8. The van der Waals surface area contributed by atoms with E-state index in [1.807, 2.05) is 0 Å². The van der Waals surface area contributed by atoms with Crippen molar-refractivity contribution in [3.63, 3.8) is 0 Å². The Bertz CT molecular complexity index is 499. The molecule has 3 unspecified atom stereocenters. The normalized spacial score (nSPS) is 16.2. The van der Waals surface area contributed by atoms with Crippen LogP contribution in [0.15, 0.2) is 0 Å². The van der Waals surface area contributed by atoms with Crippen LogP contribution in [0, 0.1) is 16.7 Å². The topological polar surface area (TPSA) is 97.7 Å². The van der Waals surface area contributed by atoms with E-state index in [4.69, 9.17) is 9.84 Å². The minimum Gasteiger partial charge on any atom is -0.481 e. The van der Waals surface area contributed by atoms with Crippen LogP contribution in [-0.4, -0.2) is 55.6 Å². The standard InChI is InChI=1S/C16H30O6S2/c1-12(16(4,5)13(17)18)11-24(21)10-9-23(20)8-7-15(2,3)14(19)22-6/h12H,7-11H2,1-6H3,(H,17,18). The molecule has 6 nitrogen and oxygen atoms in total. The van der Waals surface area contributed by atoms with Crippen LogP contribution >= 0.6 is 0 Å². The summed E-state index contributed by atoms with van der Waals surface area (Å²) in [6.07, 6.45) is 0.432. The Morgan fingerprint density at radius 2 is 1.54 bits per heavy atom. The maximum atomic E-state index is 12.1. The second-order valence-corrected chi connectivity index (χ2v) is 10.5. The van der Waals surface area contributed by atoms with Crippen LogP contribution in [0.3, 0.4) is 0 Å². The third-order valence-electron chi connectivity index (χ3n) is 4.45. The molecule has 3 atom stereocenters. The minimum absolute atomic E-state index is 0.248. The molecule has 0 saturated heterocycles. The Balaban J connectivity index is 4.31. The van der Waals surface area contributed by atoms with Crippen molar-refractivity contribution >= 4 is 33.5 Å². The number of carboxylic acids is 1. The molecule has 0 spiro atoms. The summed E-state index contributed by atoms with van der Waals surface area (Å²) in [6, 6.07) is 0. The van der Waals surface area contributed by atoms with Crippen LogP contribution in [0.4, 0.5) is 0 Å². The van der Waals surface area contributed by atoms with E-state index in [1.54, 1.807) is 34.6 Å². The lowest BCUT2D eigenvalue weighted by Crippen LogP contribution is -2.34. The summed E-state index contributed by atoms with van der Waals surface area (Å²) < 4.78 is 28.8. The first-order valence-electron chi connectivity index (χ1n) is 7.86. The molecule has 1 N–H and O–H groups in total. The van der Waals surface area contributed by atoms with Crippen molar-refractivity contribution in [2.24, 2.45) is 16.7 Å². The maximum Gasteiger partial charge on any atom is 0.311 e. The van der Waals surface area contributed by atoms with Crippen molar-refractivity contribution in [2.45, 2.75) is 41.0 Å². The van der Waals surface area contributed by atoms with E-state index in [2.05, 4.69) is 0 Å². The van der Waals surface area contributed by atoms with E-state index in [1.165, 1.54) is 7.11 Å². The highest BCUT2D eigenvalue weighted by molar-refractivity contribution is 7.88. The SMILES string of the molecule is COC(=O)C(C)(C)CCS(=O)CCS(=O)CC(C)C(C)(C)C(=O)O. The summed E-state index contributed by atoms with van der Waals surface area (Å²) in [5.41, 5.74) is -1.64. The average Bonchev–Trinajstić information content (AvgIpc) is 2.49. The van der Waals surface area contributed by atoms with Gasteiger partial charge in [0.1, 0.15) is 0 Å². The molecule has 0 aliphatic rings. The second kappa shape index (κ2) is 9.65. The third-order valence-corrected chi connectivity index (χ3v) is 7.56. The monoisotopic (exact) mass is 382 g/mol. The van der Waals surface area contributed by atoms with Gasteiger partial charge in [0.15, 0.2) is 0 Å². The van der Waals surface area contributed by atoms with Gasteiger partial charge in [0.2, 0.25) is 0 Å². The lowest BCUT2D eigenvalue weighted by Gasteiger charge is -2.26. The molecule has 0 heterocycles. The quantitative estimate of drug-likeness (QED) is 0.547. The van der Waals surface area contributed by atoms with Crippen LogP contribution in [0.25, 0.3) is 0 Å². The van der Waals surface area contributed by atoms with Crippen LogP contribution in [-0.2, 0) is 35.9 Å². The number of ether oxygens (including phenoxy) is 1. The number of esters is 1. The molecule has 0 aliphatic heterocycles. The van der Waals surface area contributed by atoms with E-state index in [-0.39, 0.29) is 29.1 Å². The largest absolute Gasteiger partial charge is 0.481 e. The van der Waals surface area contributed by atoms with E-state index in [9.17, 15) is 18.0 Å². The number of hydrogen-bond donors (Lipinski definition) is 1. The second-order valence-electron chi connectivity index (χ2n) is 7.21. The molecule has 0 saturated carbocycles. The number of carbonyl (C=O) groups is 2. The fourth-order valence-electron chi connectivity index (χ4n) is 1.82. The minimum atomic E-state index is -1.22. The van der Waals surface area contributed by atoms with Gasteiger partial charge in [-0.25, -0.2) is 0 Å². The number of aliphatic carboxylic acids is 1. The average molecular weight is 383 g/mol. The van der Waals surface area contributed by atoms with Crippen LogP contribution in [0.1, 0.15) is 41.0 Å². The molecule has 0 aromatic heterocycles. The van der Waals surface area contributed by atoms with E-state index < -0.39 is 38.4 Å². The number of rotatable bonds is 11. The van der Waals surface area contributed by atoms with E-state index in [0.29, 0.717) is 12.2 Å². The smallest absolute Gasteiger partial charge is 0.311 e. The highest BCUT2D eigenvalue weighted by atomic mass is 32.2. The molecule has 0 radical (unpaired) electrons. The predicted octanol–water partition coefficient (Wildman–Crippen LogP) is 1.82. The summed E-state index contributed by atoms with van der Waals surface area (Å²) in [5, 5.41) is 9.17. The van der Waals surface area contributed by atoms with Gasteiger partial charge in [-0.1, -0.05) is 6.92 Å². The fraction of sp³-hybridized carbons (Fsp3) is 0.875. The maximum absolute atomic E-state index is 12.1. The van der Waals surface area contributed by atoms with Crippen molar-refractivity contribution in [1.82, 2.24) is 0 Å². The molecule has 0 aromatic carbocycles. The van der Waals surface area contributed by atoms with Gasteiger partial charge in [0, 0.05) is 44.6 Å². The van der Waals surface area contributed by atoms with Crippen molar-refractivity contribution in [3.05, 3.63) is 0 Å². The lowest BCUT2D eigenvalue weighted by atomic mass is 9.81. The molecule has 142 valence electrons.